The molecule has 0 aromatic rings. The molecule has 0 radical (unpaired) electrons. The van der Waals surface area contributed by atoms with Crippen molar-refractivity contribution in [2.75, 3.05) is 47.5 Å². The first-order valence-corrected chi connectivity index (χ1v) is 19.5. The molecule has 0 aromatic heterocycles. The van der Waals surface area contributed by atoms with Gasteiger partial charge in [0.2, 0.25) is 0 Å². The van der Waals surface area contributed by atoms with E-state index in [1.165, 1.54) is 19.3 Å². The fourth-order valence-electron chi connectivity index (χ4n) is 4.22. The molecule has 2 unspecified atom stereocenters. The number of phosphoric acid groups is 1. The van der Waals surface area contributed by atoms with Crippen LogP contribution in [-0.2, 0) is 32.7 Å². The van der Waals surface area contributed by atoms with E-state index < -0.39 is 32.5 Å². The largest absolute Gasteiger partial charge is 0.756 e. The molecule has 2 atom stereocenters. The minimum atomic E-state index is -4.63. The Hall–Kier alpha value is -2.29. The average molecular weight is 696 g/mol. The van der Waals surface area contributed by atoms with Crippen LogP contribution in [0, 0.1) is 0 Å². The molecule has 0 aliphatic heterocycles. The minimum Gasteiger partial charge on any atom is -0.756 e. The van der Waals surface area contributed by atoms with Gasteiger partial charge in [-0.15, -0.1) is 0 Å². The number of nitrogens with zero attached hydrogens (tertiary/aromatic N) is 1. The average Bonchev–Trinajstić information content (AvgIpc) is 3.02. The summed E-state index contributed by atoms with van der Waals surface area (Å²) in [5, 5.41) is 0. The summed E-state index contributed by atoms with van der Waals surface area (Å²) >= 11 is 0. The molecule has 0 saturated carbocycles. The Labute approximate surface area is 292 Å². The fraction of sp³-hybridized carbons (Fsp3) is 0.684. The lowest BCUT2D eigenvalue weighted by molar-refractivity contribution is -0.870. The molecule has 0 amide bonds. The van der Waals surface area contributed by atoms with Gasteiger partial charge in [-0.2, -0.15) is 0 Å². The molecular weight excluding hydrogens is 629 g/mol. The third-order valence-corrected chi connectivity index (χ3v) is 8.02. The van der Waals surface area contributed by atoms with Crippen molar-refractivity contribution in [2.24, 2.45) is 0 Å². The van der Waals surface area contributed by atoms with Crippen LogP contribution in [0.2, 0.25) is 0 Å². The fourth-order valence-corrected chi connectivity index (χ4v) is 4.95. The number of phosphoric ester groups is 1. The van der Waals surface area contributed by atoms with Crippen LogP contribution in [0.15, 0.2) is 60.8 Å². The molecule has 276 valence electrons. The van der Waals surface area contributed by atoms with Crippen LogP contribution in [0.25, 0.3) is 0 Å². The highest BCUT2D eigenvalue weighted by molar-refractivity contribution is 7.45. The third kappa shape index (κ3) is 33.6. The quantitative estimate of drug-likeness (QED) is 0.0233. The molecule has 0 aromatic carbocycles. The summed E-state index contributed by atoms with van der Waals surface area (Å²) in [4.78, 5) is 37.1. The molecule has 0 saturated heterocycles. The summed E-state index contributed by atoms with van der Waals surface area (Å²) in [6.45, 7) is 3.95. The second-order valence-electron chi connectivity index (χ2n) is 12.9. The lowest BCUT2D eigenvalue weighted by atomic mass is 10.1. The molecule has 0 heterocycles. The summed E-state index contributed by atoms with van der Waals surface area (Å²) in [5.74, 6) is -0.918. The van der Waals surface area contributed by atoms with Crippen molar-refractivity contribution in [1.82, 2.24) is 0 Å². The van der Waals surface area contributed by atoms with Crippen molar-refractivity contribution in [1.29, 1.82) is 0 Å². The Bertz CT molecular complexity index is 1010. The zero-order valence-corrected chi connectivity index (χ0v) is 31.5. The number of ether oxygens (including phenoxy) is 2. The van der Waals surface area contributed by atoms with E-state index in [1.807, 2.05) is 27.2 Å². The number of unbranched alkanes of at least 4 members (excludes halogenated alkanes) is 7. The van der Waals surface area contributed by atoms with E-state index in [-0.39, 0.29) is 26.1 Å². The van der Waals surface area contributed by atoms with E-state index in [0.29, 0.717) is 23.9 Å². The van der Waals surface area contributed by atoms with Crippen molar-refractivity contribution < 1.29 is 42.1 Å². The Morgan fingerprint density at radius 2 is 1.19 bits per heavy atom. The van der Waals surface area contributed by atoms with Gasteiger partial charge in [0.25, 0.3) is 7.82 Å². The highest BCUT2D eigenvalue weighted by Crippen LogP contribution is 2.38. The first-order chi connectivity index (χ1) is 23.0. The van der Waals surface area contributed by atoms with E-state index in [0.717, 1.165) is 57.8 Å². The molecule has 0 spiro atoms. The van der Waals surface area contributed by atoms with E-state index in [4.69, 9.17) is 18.5 Å². The van der Waals surface area contributed by atoms with Gasteiger partial charge in [0.15, 0.2) is 6.10 Å². The molecular formula is C38H66NO8P. The monoisotopic (exact) mass is 695 g/mol. The Morgan fingerprint density at radius 1 is 0.667 bits per heavy atom. The molecule has 0 aliphatic carbocycles. The van der Waals surface area contributed by atoms with Gasteiger partial charge in [0, 0.05) is 12.8 Å². The predicted molar refractivity (Wildman–Crippen MR) is 194 cm³/mol. The molecule has 0 rings (SSSR count). The van der Waals surface area contributed by atoms with Crippen LogP contribution in [0.1, 0.15) is 117 Å². The Balaban J connectivity index is 4.55. The SMILES string of the molecule is CC/C=C\C/C=C\C/C=C\C/C=C\C/C=C\CCCC(=O)OC(COC(=O)CCCCCCCCC)COP(=O)([O-])OCC[N+](C)(C)C. The van der Waals surface area contributed by atoms with Crippen molar-refractivity contribution >= 4 is 19.8 Å². The Kier molecular flexibility index (Phi) is 29.3. The van der Waals surface area contributed by atoms with Gasteiger partial charge < -0.3 is 27.9 Å². The smallest absolute Gasteiger partial charge is 0.306 e. The zero-order valence-electron chi connectivity index (χ0n) is 30.7. The molecule has 0 bridgehead atoms. The molecule has 48 heavy (non-hydrogen) atoms. The van der Waals surface area contributed by atoms with E-state index in [1.54, 1.807) is 0 Å². The van der Waals surface area contributed by atoms with E-state index in [2.05, 4.69) is 68.5 Å². The third-order valence-electron chi connectivity index (χ3n) is 7.05. The number of likely N-dealkylation sites (N-methyl/N-ethyl adjacent to an activating group) is 1. The van der Waals surface area contributed by atoms with Crippen LogP contribution >= 0.6 is 7.82 Å². The number of esters is 2. The van der Waals surface area contributed by atoms with E-state index in [9.17, 15) is 19.0 Å². The maximum atomic E-state index is 12.5. The van der Waals surface area contributed by atoms with Crippen molar-refractivity contribution in [3.05, 3.63) is 60.8 Å². The lowest BCUT2D eigenvalue weighted by Gasteiger charge is -2.28. The normalized spacial score (nSPS) is 14.5. The van der Waals surface area contributed by atoms with Gasteiger partial charge in [0.1, 0.15) is 19.8 Å². The zero-order chi connectivity index (χ0) is 35.8. The highest BCUT2D eigenvalue weighted by atomic mass is 31.2. The second kappa shape index (κ2) is 30.7. The van der Waals surface area contributed by atoms with Gasteiger partial charge >= 0.3 is 11.9 Å². The number of hydrogen-bond donors (Lipinski definition) is 0. The topological polar surface area (TPSA) is 111 Å². The molecule has 0 aliphatic rings. The van der Waals surface area contributed by atoms with Crippen molar-refractivity contribution in [2.45, 2.75) is 123 Å². The highest BCUT2D eigenvalue weighted by Gasteiger charge is 2.21. The van der Waals surface area contributed by atoms with E-state index >= 15 is 0 Å². The minimum absolute atomic E-state index is 0.0437. The van der Waals surface area contributed by atoms with Crippen LogP contribution < -0.4 is 4.89 Å². The van der Waals surface area contributed by atoms with Crippen LogP contribution in [0.3, 0.4) is 0 Å². The lowest BCUT2D eigenvalue weighted by Crippen LogP contribution is -2.37. The second-order valence-corrected chi connectivity index (χ2v) is 14.3. The van der Waals surface area contributed by atoms with Crippen molar-refractivity contribution in [3.63, 3.8) is 0 Å². The first kappa shape index (κ1) is 45.7. The Morgan fingerprint density at radius 3 is 1.75 bits per heavy atom. The standard InChI is InChI=1S/C38H66NO8P/c1-6-8-10-12-14-15-16-17-18-19-20-21-22-23-25-27-29-31-38(41)47-36(35-46-48(42,43)45-33-32-39(3,4)5)34-44-37(40)30-28-26-24-13-11-9-7-2/h8,10,14-15,17-18,20-21,23,25,36H,6-7,9,11-13,16,19,22,24,26-35H2,1-5H3/b10-8-,15-14-,18-17-,21-20-,25-23-. The summed E-state index contributed by atoms with van der Waals surface area (Å²) < 4.78 is 33.5. The summed E-state index contributed by atoms with van der Waals surface area (Å²) in [5.41, 5.74) is 0. The summed E-state index contributed by atoms with van der Waals surface area (Å²) in [6.07, 6.45) is 34.2. The summed E-state index contributed by atoms with van der Waals surface area (Å²) in [7, 11) is 1.12. The van der Waals surface area contributed by atoms with Gasteiger partial charge in [-0.05, 0) is 51.4 Å². The summed E-state index contributed by atoms with van der Waals surface area (Å²) in [6, 6.07) is 0. The van der Waals surface area contributed by atoms with Gasteiger partial charge in [-0.3, -0.25) is 14.2 Å². The molecule has 9 nitrogen and oxygen atoms in total. The molecule has 10 heteroatoms. The van der Waals surface area contributed by atoms with Gasteiger partial charge in [0.05, 0.1) is 27.7 Å². The van der Waals surface area contributed by atoms with Crippen LogP contribution in [-0.4, -0.2) is 70.0 Å². The van der Waals surface area contributed by atoms with Gasteiger partial charge in [-0.1, -0.05) is 113 Å². The number of hydrogen-bond acceptors (Lipinski definition) is 8. The first-order valence-electron chi connectivity index (χ1n) is 18.0. The van der Waals surface area contributed by atoms with Crippen molar-refractivity contribution in [3.8, 4) is 0 Å². The predicted octanol–water partition coefficient (Wildman–Crippen LogP) is 8.71. The number of allylic oxidation sites excluding steroid dienone is 10. The maximum absolute atomic E-state index is 12.5. The molecule has 0 N–H and O–H groups in total. The number of rotatable bonds is 31. The van der Waals surface area contributed by atoms with Crippen LogP contribution in [0.4, 0.5) is 0 Å². The number of carbonyl (C=O) groups is 2. The molecule has 0 fully saturated rings. The van der Waals surface area contributed by atoms with Crippen LogP contribution in [0.5, 0.6) is 0 Å². The van der Waals surface area contributed by atoms with Gasteiger partial charge in [-0.25, -0.2) is 0 Å². The number of carbonyl (C=O) groups excluding carboxylic acids is 2. The number of quaternary nitrogens is 1. The maximum Gasteiger partial charge on any atom is 0.306 e.